The molecule has 0 unspecified atom stereocenters. The van der Waals surface area contributed by atoms with Gasteiger partial charge in [-0.25, -0.2) is 4.79 Å². The van der Waals surface area contributed by atoms with Crippen LogP contribution in [0.2, 0.25) is 0 Å². The minimum atomic E-state index is -0.267. The number of hydrogen-bond acceptors (Lipinski definition) is 4. The summed E-state index contributed by atoms with van der Waals surface area (Å²) in [6.07, 6.45) is 1.99. The summed E-state index contributed by atoms with van der Waals surface area (Å²) in [7, 11) is 0. The summed E-state index contributed by atoms with van der Waals surface area (Å²) in [6.45, 7) is 3.79. The summed E-state index contributed by atoms with van der Waals surface area (Å²) >= 11 is 3.41. The molecule has 3 aromatic rings. The van der Waals surface area contributed by atoms with Crippen molar-refractivity contribution in [1.82, 2.24) is 0 Å². The maximum absolute atomic E-state index is 11.7. The number of carbonyl (C=O) groups is 1. The van der Waals surface area contributed by atoms with Crippen molar-refractivity contribution in [3.63, 3.8) is 0 Å². The van der Waals surface area contributed by atoms with E-state index in [2.05, 4.69) is 28.1 Å². The number of carbonyl (C=O) groups excluding carboxylic acids is 1. The van der Waals surface area contributed by atoms with E-state index in [0.717, 1.165) is 52.8 Å². The van der Waals surface area contributed by atoms with Crippen molar-refractivity contribution in [1.29, 1.82) is 0 Å². The molecule has 0 aromatic heterocycles. The normalized spacial score (nSPS) is 13.6. The van der Waals surface area contributed by atoms with Crippen LogP contribution >= 0.6 is 15.9 Å². The van der Waals surface area contributed by atoms with Gasteiger partial charge < -0.3 is 14.2 Å². The first kappa shape index (κ1) is 18.8. The van der Waals surface area contributed by atoms with E-state index < -0.39 is 0 Å². The molecule has 0 fully saturated rings. The van der Waals surface area contributed by atoms with Gasteiger partial charge in [0, 0.05) is 17.3 Å². The van der Waals surface area contributed by atoms with Gasteiger partial charge in [-0.1, -0.05) is 22.0 Å². The van der Waals surface area contributed by atoms with Crippen molar-refractivity contribution in [3.8, 4) is 11.5 Å². The van der Waals surface area contributed by atoms with Gasteiger partial charge >= 0.3 is 5.97 Å². The maximum atomic E-state index is 11.7. The van der Waals surface area contributed by atoms with E-state index in [1.807, 2.05) is 37.3 Å². The summed E-state index contributed by atoms with van der Waals surface area (Å²) < 4.78 is 17.0. The Kier molecular flexibility index (Phi) is 5.53. The number of halogens is 1. The van der Waals surface area contributed by atoms with Gasteiger partial charge in [-0.3, -0.25) is 0 Å². The Hall–Kier alpha value is -2.53. The monoisotopic (exact) mass is 440 g/mol. The number of fused-ring (bicyclic) bond motifs is 3. The number of hydrogen-bond donors (Lipinski definition) is 0. The molecule has 5 rings (SSSR count). The highest BCUT2D eigenvalue weighted by Crippen LogP contribution is 2.31. The highest BCUT2D eigenvalue weighted by Gasteiger charge is 2.14. The predicted molar refractivity (Wildman–Crippen MR) is 112 cm³/mol. The zero-order valence-electron chi connectivity index (χ0n) is 15.7. The average Bonchev–Trinajstić information content (AvgIpc) is 3.34. The lowest BCUT2D eigenvalue weighted by Gasteiger charge is -2.05. The lowest BCUT2D eigenvalue weighted by Crippen LogP contribution is -2.04. The fourth-order valence-electron chi connectivity index (χ4n) is 3.42. The van der Waals surface area contributed by atoms with Crippen LogP contribution in [0.3, 0.4) is 0 Å². The van der Waals surface area contributed by atoms with E-state index >= 15 is 0 Å². The fourth-order valence-corrected chi connectivity index (χ4v) is 3.83. The molecule has 0 spiro atoms. The lowest BCUT2D eigenvalue weighted by molar-refractivity contribution is 0.0526. The Bertz CT molecular complexity index is 1030. The molecule has 0 bridgehead atoms. The number of rotatable bonds is 2. The molecule has 28 heavy (non-hydrogen) atoms. The summed E-state index contributed by atoms with van der Waals surface area (Å²) in [6, 6.07) is 15.9. The molecule has 5 heteroatoms. The van der Waals surface area contributed by atoms with Crippen LogP contribution in [0.25, 0.3) is 10.8 Å². The van der Waals surface area contributed by atoms with Crippen LogP contribution in [-0.4, -0.2) is 25.8 Å². The molecular weight excluding hydrogens is 420 g/mol. The first-order valence-corrected chi connectivity index (χ1v) is 10.2. The zero-order chi connectivity index (χ0) is 19.5. The number of benzene rings is 3. The second kappa shape index (κ2) is 8.23. The molecule has 0 amide bonds. The average molecular weight is 441 g/mol. The Morgan fingerprint density at radius 1 is 0.929 bits per heavy atom. The van der Waals surface area contributed by atoms with Gasteiger partial charge in [-0.15, -0.1) is 0 Å². The van der Waals surface area contributed by atoms with Crippen molar-refractivity contribution >= 4 is 32.7 Å². The minimum absolute atomic E-state index is 0.267. The molecule has 0 radical (unpaired) electrons. The molecular formula is C23H21BrO4. The Morgan fingerprint density at radius 2 is 1.68 bits per heavy atom. The summed E-state index contributed by atoms with van der Waals surface area (Å²) in [5.74, 6) is 1.74. The number of esters is 1. The van der Waals surface area contributed by atoms with Crippen molar-refractivity contribution < 1.29 is 19.0 Å². The van der Waals surface area contributed by atoms with Crippen molar-refractivity contribution in [2.24, 2.45) is 0 Å². The quantitative estimate of drug-likeness (QED) is 0.504. The van der Waals surface area contributed by atoms with Gasteiger partial charge in [0.25, 0.3) is 0 Å². The van der Waals surface area contributed by atoms with E-state index in [9.17, 15) is 4.79 Å². The zero-order valence-corrected chi connectivity index (χ0v) is 17.3. The molecule has 3 aromatic carbocycles. The highest BCUT2D eigenvalue weighted by molar-refractivity contribution is 9.10. The molecule has 0 saturated heterocycles. The predicted octanol–water partition coefficient (Wildman–Crippen LogP) is 5.34. The molecule has 0 aliphatic carbocycles. The van der Waals surface area contributed by atoms with E-state index in [4.69, 9.17) is 14.2 Å². The van der Waals surface area contributed by atoms with Gasteiger partial charge in [0.15, 0.2) is 0 Å². The van der Waals surface area contributed by atoms with Crippen LogP contribution in [-0.2, 0) is 17.6 Å². The van der Waals surface area contributed by atoms with Crippen LogP contribution in [0.15, 0.2) is 53.0 Å². The molecule has 0 saturated carbocycles. The summed E-state index contributed by atoms with van der Waals surface area (Å²) in [5.41, 5.74) is 3.13. The molecule has 144 valence electrons. The maximum Gasteiger partial charge on any atom is 0.338 e. The Balaban J connectivity index is 0.000000162. The number of ether oxygens (including phenoxy) is 3. The first-order chi connectivity index (χ1) is 13.6. The molecule has 0 N–H and O–H groups in total. The van der Waals surface area contributed by atoms with Crippen LogP contribution < -0.4 is 9.47 Å². The Labute approximate surface area is 172 Å². The summed E-state index contributed by atoms with van der Waals surface area (Å²) in [5, 5.41) is 2.15. The molecule has 4 nitrogen and oxygen atoms in total. The van der Waals surface area contributed by atoms with Gasteiger partial charge in [0.05, 0.1) is 25.4 Å². The highest BCUT2D eigenvalue weighted by atomic mass is 79.9. The molecule has 2 aliphatic heterocycles. The molecule has 0 atom stereocenters. The standard InChI is InChI=1S/C15H14O3.C8H7BrO/c1-2-17-15(16)12-4-3-10-9-14-11(5-6-18-14)7-13(10)8-12;9-7-1-2-8-6(5-7)3-4-10-8/h3-4,7-9H,2,5-6H2,1H3;1-2,5H,3-4H2. The SMILES string of the molecule is Brc1ccc2c(c1)CCO2.CCOC(=O)c1ccc2cc3c(cc2c1)CCO3. The topological polar surface area (TPSA) is 44.8 Å². The van der Waals surface area contributed by atoms with Crippen LogP contribution in [0.1, 0.15) is 28.4 Å². The third-order valence-corrected chi connectivity index (χ3v) is 5.30. The van der Waals surface area contributed by atoms with Gasteiger partial charge in [-0.05, 0) is 71.3 Å². The third kappa shape index (κ3) is 3.99. The largest absolute Gasteiger partial charge is 0.493 e. The van der Waals surface area contributed by atoms with Gasteiger partial charge in [-0.2, -0.15) is 0 Å². The first-order valence-electron chi connectivity index (χ1n) is 9.42. The van der Waals surface area contributed by atoms with Gasteiger partial charge in [0.1, 0.15) is 11.5 Å². The third-order valence-electron chi connectivity index (χ3n) is 4.81. The van der Waals surface area contributed by atoms with E-state index in [1.165, 1.54) is 11.1 Å². The van der Waals surface area contributed by atoms with Crippen molar-refractivity contribution in [2.75, 3.05) is 19.8 Å². The van der Waals surface area contributed by atoms with E-state index in [1.54, 1.807) is 6.07 Å². The Morgan fingerprint density at radius 3 is 2.46 bits per heavy atom. The summed E-state index contributed by atoms with van der Waals surface area (Å²) in [4.78, 5) is 11.7. The van der Waals surface area contributed by atoms with Crippen LogP contribution in [0.4, 0.5) is 0 Å². The smallest absolute Gasteiger partial charge is 0.338 e. The van der Waals surface area contributed by atoms with Crippen molar-refractivity contribution in [3.05, 3.63) is 69.7 Å². The van der Waals surface area contributed by atoms with Crippen LogP contribution in [0.5, 0.6) is 11.5 Å². The van der Waals surface area contributed by atoms with Crippen LogP contribution in [0, 0.1) is 0 Å². The lowest BCUT2D eigenvalue weighted by atomic mass is 10.0. The molecule has 2 heterocycles. The minimum Gasteiger partial charge on any atom is -0.493 e. The second-order valence-electron chi connectivity index (χ2n) is 6.69. The van der Waals surface area contributed by atoms with Gasteiger partial charge in [0.2, 0.25) is 0 Å². The second-order valence-corrected chi connectivity index (χ2v) is 7.61. The van der Waals surface area contributed by atoms with E-state index in [0.29, 0.717) is 12.2 Å². The fraction of sp³-hybridized carbons (Fsp3) is 0.261. The molecule has 2 aliphatic rings. The van der Waals surface area contributed by atoms with Crippen molar-refractivity contribution in [2.45, 2.75) is 19.8 Å². The van der Waals surface area contributed by atoms with E-state index in [-0.39, 0.29) is 5.97 Å².